The molecule has 2 aliphatic carbocycles. The fourth-order valence-corrected chi connectivity index (χ4v) is 7.42. The third-order valence-electron chi connectivity index (χ3n) is 9.55. The Morgan fingerprint density at radius 3 is 2.46 bits per heavy atom. The summed E-state index contributed by atoms with van der Waals surface area (Å²) < 4.78 is 45.0. The van der Waals surface area contributed by atoms with Crippen LogP contribution in [-0.2, 0) is 10.9 Å². The van der Waals surface area contributed by atoms with Gasteiger partial charge in [-0.2, -0.15) is 13.2 Å². The smallest absolute Gasteiger partial charge is 0.381 e. The summed E-state index contributed by atoms with van der Waals surface area (Å²) in [5.41, 5.74) is -0.349. The predicted molar refractivity (Wildman–Crippen MR) is 129 cm³/mol. The lowest BCUT2D eigenvalue weighted by Crippen LogP contribution is -2.59. The second kappa shape index (κ2) is 9.45. The third-order valence-corrected chi connectivity index (χ3v) is 9.55. The first-order valence-corrected chi connectivity index (χ1v) is 13.4. The van der Waals surface area contributed by atoms with Gasteiger partial charge in [-0.15, -0.1) is 0 Å². The molecule has 3 unspecified atom stereocenters. The maximum absolute atomic E-state index is 13.1. The number of hydrogen-bond donors (Lipinski definition) is 1. The summed E-state index contributed by atoms with van der Waals surface area (Å²) in [6.07, 6.45) is 3.84. The van der Waals surface area contributed by atoms with E-state index < -0.39 is 11.9 Å². The number of aromatic nitrogens is 2. The van der Waals surface area contributed by atoms with Crippen LogP contribution in [0.3, 0.4) is 0 Å². The molecule has 2 saturated carbocycles. The Bertz CT molecular complexity index is 884. The van der Waals surface area contributed by atoms with Crippen LogP contribution in [0.5, 0.6) is 0 Å². The summed E-state index contributed by atoms with van der Waals surface area (Å²) in [7, 11) is 0. The summed E-state index contributed by atoms with van der Waals surface area (Å²) in [4.78, 5) is 12.2. The molecule has 196 valence electrons. The maximum atomic E-state index is 13.1. The Morgan fingerprint density at radius 2 is 1.83 bits per heavy atom. The maximum Gasteiger partial charge on any atom is 0.433 e. The van der Waals surface area contributed by atoms with Crippen LogP contribution in [0.4, 0.5) is 19.0 Å². The average molecular weight is 496 g/mol. The van der Waals surface area contributed by atoms with Crippen molar-refractivity contribution >= 4 is 5.82 Å². The van der Waals surface area contributed by atoms with Gasteiger partial charge >= 0.3 is 6.18 Å². The summed E-state index contributed by atoms with van der Waals surface area (Å²) in [6.45, 7) is 11.9. The highest BCUT2D eigenvalue weighted by Crippen LogP contribution is 2.64. The van der Waals surface area contributed by atoms with E-state index in [0.29, 0.717) is 48.2 Å². The molecule has 35 heavy (non-hydrogen) atoms. The molecule has 0 amide bonds. The Kier molecular flexibility index (Phi) is 6.81. The van der Waals surface area contributed by atoms with Crippen molar-refractivity contribution in [1.82, 2.24) is 20.2 Å². The van der Waals surface area contributed by atoms with Crippen molar-refractivity contribution in [3.8, 4) is 0 Å². The number of halogens is 3. The van der Waals surface area contributed by atoms with Crippen LogP contribution in [0.1, 0.15) is 65.0 Å². The topological polar surface area (TPSA) is 53.5 Å². The Hall–Kier alpha value is -1.45. The molecule has 1 aromatic rings. The zero-order valence-electron chi connectivity index (χ0n) is 21.3. The highest BCUT2D eigenvalue weighted by molar-refractivity contribution is 5.40. The van der Waals surface area contributed by atoms with Gasteiger partial charge in [0.25, 0.3) is 0 Å². The molecule has 0 radical (unpaired) electrons. The van der Waals surface area contributed by atoms with Gasteiger partial charge in [-0.25, -0.2) is 9.97 Å². The molecule has 2 aliphatic heterocycles. The number of anilines is 1. The fourth-order valence-electron chi connectivity index (χ4n) is 7.42. The van der Waals surface area contributed by atoms with Crippen LogP contribution in [0.15, 0.2) is 12.4 Å². The standard InChI is InChI=1S/C26H40F3N5O/c1-18(2)24(6-4-20(15-24)32-21-5-13-35-16-19(21)3)25(7-8-25)34-11-9-33(10-12-34)23-14-22(26(27,28)29)30-17-31-23/h14,17-21,32H,4-13,15-16H2,1-3H3/t19?,20?,21?,24-/m0/s1. The minimum absolute atomic E-state index is 0.230. The van der Waals surface area contributed by atoms with Gasteiger partial charge in [0.1, 0.15) is 17.8 Å². The normalized spacial score (nSPS) is 33.9. The Labute approximate surface area is 207 Å². The molecule has 0 aromatic carbocycles. The van der Waals surface area contributed by atoms with Gasteiger partial charge in [-0.1, -0.05) is 20.8 Å². The molecular weight excluding hydrogens is 455 g/mol. The summed E-state index contributed by atoms with van der Waals surface area (Å²) in [6, 6.07) is 2.19. The quantitative estimate of drug-likeness (QED) is 0.633. The van der Waals surface area contributed by atoms with Crippen molar-refractivity contribution < 1.29 is 17.9 Å². The lowest BCUT2D eigenvalue weighted by Gasteiger charge is -2.51. The van der Waals surface area contributed by atoms with E-state index in [9.17, 15) is 13.2 Å². The number of rotatable bonds is 6. The molecule has 1 aromatic heterocycles. The number of alkyl halides is 3. The van der Waals surface area contributed by atoms with Crippen LogP contribution in [-0.4, -0.2) is 71.9 Å². The molecule has 1 N–H and O–H groups in total. The number of piperazine rings is 1. The van der Waals surface area contributed by atoms with Crippen molar-refractivity contribution in [2.24, 2.45) is 17.3 Å². The largest absolute Gasteiger partial charge is 0.433 e. The fraction of sp³-hybridized carbons (Fsp3) is 0.846. The SMILES string of the molecule is CC1COCCC1NC1CC[C@](C(C)C)(C2(N3CCN(c4cc(C(F)(F)F)ncn4)CC3)CC2)C1. The number of nitrogens with zero attached hydrogens (tertiary/aromatic N) is 4. The van der Waals surface area contributed by atoms with Crippen molar-refractivity contribution in [1.29, 1.82) is 0 Å². The third kappa shape index (κ3) is 4.68. The van der Waals surface area contributed by atoms with Gasteiger partial charge in [0.15, 0.2) is 0 Å². The van der Waals surface area contributed by atoms with Crippen LogP contribution >= 0.6 is 0 Å². The van der Waals surface area contributed by atoms with Gasteiger partial charge < -0.3 is 15.0 Å². The molecule has 4 aliphatic rings. The molecule has 5 rings (SSSR count). The average Bonchev–Trinajstić information content (AvgIpc) is 3.54. The van der Waals surface area contributed by atoms with Crippen molar-refractivity contribution in [2.45, 2.75) is 83.1 Å². The van der Waals surface area contributed by atoms with Gasteiger partial charge in [0, 0.05) is 56.5 Å². The van der Waals surface area contributed by atoms with Crippen molar-refractivity contribution in [2.75, 3.05) is 44.3 Å². The van der Waals surface area contributed by atoms with Gasteiger partial charge in [0.05, 0.1) is 6.61 Å². The molecule has 9 heteroatoms. The van der Waals surface area contributed by atoms with Crippen LogP contribution in [0.2, 0.25) is 0 Å². The van der Waals surface area contributed by atoms with E-state index in [0.717, 1.165) is 45.1 Å². The molecule has 3 heterocycles. The summed E-state index contributed by atoms with van der Waals surface area (Å²) in [5, 5.41) is 4.01. The molecule has 4 atom stereocenters. The Morgan fingerprint density at radius 1 is 1.09 bits per heavy atom. The van der Waals surface area contributed by atoms with Gasteiger partial charge in [-0.05, 0) is 55.8 Å². The lowest BCUT2D eigenvalue weighted by atomic mass is 9.67. The number of ether oxygens (including phenoxy) is 1. The minimum atomic E-state index is -4.45. The predicted octanol–water partition coefficient (Wildman–Crippen LogP) is 4.36. The molecule has 2 saturated heterocycles. The van der Waals surface area contributed by atoms with Gasteiger partial charge in [-0.3, -0.25) is 4.90 Å². The first-order chi connectivity index (χ1) is 16.6. The highest BCUT2D eigenvalue weighted by Gasteiger charge is 2.65. The van der Waals surface area contributed by atoms with E-state index in [-0.39, 0.29) is 5.54 Å². The van der Waals surface area contributed by atoms with Crippen LogP contribution in [0.25, 0.3) is 0 Å². The monoisotopic (exact) mass is 495 g/mol. The van der Waals surface area contributed by atoms with E-state index in [4.69, 9.17) is 4.74 Å². The second-order valence-electron chi connectivity index (χ2n) is 11.6. The van der Waals surface area contributed by atoms with Crippen molar-refractivity contribution in [3.05, 3.63) is 18.1 Å². The van der Waals surface area contributed by atoms with E-state index in [1.54, 1.807) is 0 Å². The molecule has 0 spiro atoms. The molecule has 0 bridgehead atoms. The Balaban J connectivity index is 1.25. The number of hydrogen-bond acceptors (Lipinski definition) is 6. The zero-order chi connectivity index (χ0) is 24.8. The second-order valence-corrected chi connectivity index (χ2v) is 11.6. The highest BCUT2D eigenvalue weighted by atomic mass is 19.4. The molecule has 6 nitrogen and oxygen atoms in total. The summed E-state index contributed by atoms with van der Waals surface area (Å²) in [5.74, 6) is 1.53. The van der Waals surface area contributed by atoms with E-state index in [1.807, 2.05) is 4.90 Å². The first-order valence-electron chi connectivity index (χ1n) is 13.4. The number of nitrogens with one attached hydrogen (secondary N) is 1. The van der Waals surface area contributed by atoms with Crippen molar-refractivity contribution in [3.63, 3.8) is 0 Å². The van der Waals surface area contributed by atoms with E-state index in [2.05, 4.69) is 41.0 Å². The molecular formula is C26H40F3N5O. The van der Waals surface area contributed by atoms with Gasteiger partial charge in [0.2, 0.25) is 0 Å². The molecule has 4 fully saturated rings. The lowest BCUT2D eigenvalue weighted by molar-refractivity contribution is -0.141. The van der Waals surface area contributed by atoms with Crippen LogP contribution < -0.4 is 10.2 Å². The minimum Gasteiger partial charge on any atom is -0.381 e. The van der Waals surface area contributed by atoms with E-state index in [1.165, 1.54) is 32.1 Å². The van der Waals surface area contributed by atoms with Crippen LogP contribution in [0, 0.1) is 17.3 Å². The first kappa shape index (κ1) is 25.2. The van der Waals surface area contributed by atoms with E-state index >= 15 is 0 Å². The summed E-state index contributed by atoms with van der Waals surface area (Å²) >= 11 is 0. The zero-order valence-corrected chi connectivity index (χ0v) is 21.3.